The summed E-state index contributed by atoms with van der Waals surface area (Å²) in [6.45, 7) is 1.94. The molecule has 1 aliphatic rings. The van der Waals surface area contributed by atoms with E-state index in [-0.39, 0.29) is 36.6 Å². The molecule has 0 spiro atoms. The first-order valence-corrected chi connectivity index (χ1v) is 11.0. The molecule has 0 bridgehead atoms. The van der Waals surface area contributed by atoms with Crippen molar-refractivity contribution in [2.24, 2.45) is 0 Å². The monoisotopic (exact) mass is 363 g/mol. The molecule has 5 nitrogen and oxygen atoms in total. The van der Waals surface area contributed by atoms with Gasteiger partial charge in [0.05, 0.1) is 16.8 Å². The molecule has 1 unspecified atom stereocenters. The van der Waals surface area contributed by atoms with Crippen molar-refractivity contribution in [3.8, 4) is 0 Å². The topological polar surface area (TPSA) is 71.5 Å². The van der Waals surface area contributed by atoms with Crippen LogP contribution in [0.15, 0.2) is 24.3 Å². The molecule has 0 saturated carbocycles. The Labute approximate surface area is 137 Å². The molecule has 130 valence electrons. The molecule has 8 heteroatoms. The highest BCUT2D eigenvalue weighted by atomic mass is 32.2. The molecule has 0 N–H and O–H groups in total. The van der Waals surface area contributed by atoms with Gasteiger partial charge in [0, 0.05) is 18.7 Å². The minimum atomic E-state index is -3.60. The highest BCUT2D eigenvalue weighted by Crippen LogP contribution is 2.31. The number of sulfone groups is 1. The molecule has 0 aromatic heterocycles. The predicted octanol–water partition coefficient (Wildman–Crippen LogP) is 2.12. The number of benzene rings is 1. The fourth-order valence-corrected chi connectivity index (χ4v) is 6.33. The van der Waals surface area contributed by atoms with Crippen LogP contribution in [-0.4, -0.2) is 45.7 Å². The lowest BCUT2D eigenvalue weighted by Gasteiger charge is -2.19. The van der Waals surface area contributed by atoms with E-state index in [2.05, 4.69) is 0 Å². The van der Waals surface area contributed by atoms with E-state index in [1.54, 1.807) is 6.07 Å². The van der Waals surface area contributed by atoms with Crippen molar-refractivity contribution in [1.82, 2.24) is 4.31 Å². The maximum atomic E-state index is 14.0. The van der Waals surface area contributed by atoms with E-state index in [4.69, 9.17) is 0 Å². The number of nitrogens with zero attached hydrogens (tertiary/aromatic N) is 1. The second-order valence-corrected chi connectivity index (χ2v) is 10.1. The molecule has 1 saturated heterocycles. The van der Waals surface area contributed by atoms with Crippen LogP contribution in [0.3, 0.4) is 0 Å². The van der Waals surface area contributed by atoms with Crippen molar-refractivity contribution in [2.75, 3.05) is 24.6 Å². The van der Waals surface area contributed by atoms with Gasteiger partial charge < -0.3 is 0 Å². The molecule has 0 aliphatic carbocycles. The van der Waals surface area contributed by atoms with E-state index in [0.717, 1.165) is 6.42 Å². The number of hydrogen-bond donors (Lipinski definition) is 0. The maximum Gasteiger partial charge on any atom is 0.214 e. The summed E-state index contributed by atoms with van der Waals surface area (Å²) >= 11 is 0. The van der Waals surface area contributed by atoms with Gasteiger partial charge in [0.25, 0.3) is 0 Å². The number of hydrogen-bond acceptors (Lipinski definition) is 4. The third-order valence-corrected chi connectivity index (χ3v) is 8.17. The van der Waals surface area contributed by atoms with E-state index < -0.39 is 30.9 Å². The molecular weight excluding hydrogens is 341 g/mol. The van der Waals surface area contributed by atoms with Gasteiger partial charge in [-0.1, -0.05) is 31.5 Å². The first-order valence-electron chi connectivity index (χ1n) is 7.72. The van der Waals surface area contributed by atoms with Gasteiger partial charge in [-0.05, 0) is 18.9 Å². The largest absolute Gasteiger partial charge is 0.228 e. The average molecular weight is 363 g/mol. The first-order chi connectivity index (χ1) is 10.8. The van der Waals surface area contributed by atoms with Gasteiger partial charge in [-0.25, -0.2) is 25.5 Å². The number of sulfonamides is 1. The van der Waals surface area contributed by atoms with Gasteiger partial charge in [-0.15, -0.1) is 0 Å². The minimum Gasteiger partial charge on any atom is -0.228 e. The lowest BCUT2D eigenvalue weighted by Crippen LogP contribution is -2.35. The van der Waals surface area contributed by atoms with E-state index >= 15 is 0 Å². The normalized spacial score (nSPS) is 22.6. The quantitative estimate of drug-likeness (QED) is 0.803. The van der Waals surface area contributed by atoms with Crippen molar-refractivity contribution in [3.63, 3.8) is 0 Å². The molecule has 1 atom stereocenters. The van der Waals surface area contributed by atoms with E-state index in [1.807, 2.05) is 6.92 Å². The molecule has 0 radical (unpaired) electrons. The smallest absolute Gasteiger partial charge is 0.214 e. The van der Waals surface area contributed by atoms with Crippen LogP contribution in [0, 0.1) is 5.82 Å². The molecular formula is C15H22FNO4S2. The van der Waals surface area contributed by atoms with E-state index in [0.29, 0.717) is 6.42 Å². The zero-order valence-electron chi connectivity index (χ0n) is 13.1. The second-order valence-electron chi connectivity index (χ2n) is 5.73. The lowest BCUT2D eigenvalue weighted by molar-refractivity contribution is 0.426. The number of unbranched alkanes of at least 4 members (excludes halogenated alkanes) is 1. The van der Waals surface area contributed by atoms with Gasteiger partial charge in [0.2, 0.25) is 10.0 Å². The maximum absolute atomic E-state index is 14.0. The van der Waals surface area contributed by atoms with Crippen molar-refractivity contribution in [2.45, 2.75) is 31.4 Å². The zero-order chi connectivity index (χ0) is 17.1. The summed E-state index contributed by atoms with van der Waals surface area (Å²) in [6, 6.07) is 5.78. The standard InChI is InChI=1S/C15H22FNO4S2/c1-2-3-11-23(20,21)17-9-8-15(22(18,19)12-10-17)13-6-4-5-7-14(13)16/h4-7,15H,2-3,8-12H2,1H3. The SMILES string of the molecule is CCCCS(=O)(=O)N1CCC(c2ccccc2F)S(=O)(=O)CC1. The summed E-state index contributed by atoms with van der Waals surface area (Å²) in [4.78, 5) is 0. The highest BCUT2D eigenvalue weighted by molar-refractivity contribution is 7.92. The molecule has 1 heterocycles. The van der Waals surface area contributed by atoms with Gasteiger partial charge >= 0.3 is 0 Å². The molecule has 1 fully saturated rings. The molecule has 23 heavy (non-hydrogen) atoms. The average Bonchev–Trinajstić information content (AvgIpc) is 2.65. The zero-order valence-corrected chi connectivity index (χ0v) is 14.7. The van der Waals surface area contributed by atoms with E-state index in [9.17, 15) is 21.2 Å². The molecule has 1 aromatic carbocycles. The number of rotatable bonds is 5. The Hall–Kier alpha value is -0.990. The van der Waals surface area contributed by atoms with Crippen LogP contribution in [0.5, 0.6) is 0 Å². The van der Waals surface area contributed by atoms with Crippen LogP contribution in [-0.2, 0) is 19.9 Å². The van der Waals surface area contributed by atoms with Crippen LogP contribution < -0.4 is 0 Å². The Morgan fingerprint density at radius 3 is 2.61 bits per heavy atom. The highest BCUT2D eigenvalue weighted by Gasteiger charge is 2.35. The van der Waals surface area contributed by atoms with Crippen LogP contribution in [0.1, 0.15) is 37.0 Å². The van der Waals surface area contributed by atoms with Crippen LogP contribution in [0.25, 0.3) is 0 Å². The van der Waals surface area contributed by atoms with Crippen molar-refractivity contribution < 1.29 is 21.2 Å². The molecule has 0 amide bonds. The molecule has 2 rings (SSSR count). The molecule has 1 aromatic rings. The Balaban J connectivity index is 2.25. The van der Waals surface area contributed by atoms with Gasteiger partial charge in [-0.2, -0.15) is 0 Å². The third kappa shape index (κ3) is 4.30. The van der Waals surface area contributed by atoms with Crippen molar-refractivity contribution >= 4 is 19.9 Å². The van der Waals surface area contributed by atoms with Gasteiger partial charge in [0.1, 0.15) is 5.82 Å². The molecule has 1 aliphatic heterocycles. The lowest BCUT2D eigenvalue weighted by atomic mass is 10.1. The Kier molecular flexibility index (Phi) is 5.80. The Morgan fingerprint density at radius 2 is 1.96 bits per heavy atom. The predicted molar refractivity (Wildman–Crippen MR) is 87.8 cm³/mol. The fraction of sp³-hybridized carbons (Fsp3) is 0.600. The van der Waals surface area contributed by atoms with E-state index in [1.165, 1.54) is 22.5 Å². The summed E-state index contributed by atoms with van der Waals surface area (Å²) in [5.41, 5.74) is 0.125. The van der Waals surface area contributed by atoms with Crippen molar-refractivity contribution in [3.05, 3.63) is 35.6 Å². The summed E-state index contributed by atoms with van der Waals surface area (Å²) in [5, 5.41) is -0.991. The fourth-order valence-electron chi connectivity index (χ4n) is 2.74. The minimum absolute atomic E-state index is 0.0217. The summed E-state index contributed by atoms with van der Waals surface area (Å²) in [7, 11) is -7.05. The van der Waals surface area contributed by atoms with Crippen molar-refractivity contribution in [1.29, 1.82) is 0 Å². The number of halogens is 1. The van der Waals surface area contributed by atoms with Crippen LogP contribution in [0.2, 0.25) is 0 Å². The van der Waals surface area contributed by atoms with Crippen LogP contribution in [0.4, 0.5) is 4.39 Å². The van der Waals surface area contributed by atoms with Gasteiger partial charge in [0.15, 0.2) is 9.84 Å². The Morgan fingerprint density at radius 1 is 1.26 bits per heavy atom. The second kappa shape index (κ2) is 7.27. The third-order valence-electron chi connectivity index (χ3n) is 4.10. The first kappa shape index (κ1) is 18.4. The van der Waals surface area contributed by atoms with Crippen LogP contribution >= 0.6 is 0 Å². The Bertz CT molecular complexity index is 746. The summed E-state index contributed by atoms with van der Waals surface area (Å²) in [6.07, 6.45) is 1.38. The van der Waals surface area contributed by atoms with Gasteiger partial charge in [-0.3, -0.25) is 0 Å². The summed E-state index contributed by atoms with van der Waals surface area (Å²) < 4.78 is 64.6. The summed E-state index contributed by atoms with van der Waals surface area (Å²) in [5.74, 6) is -0.825.